The van der Waals surface area contributed by atoms with Gasteiger partial charge in [0.05, 0.1) is 25.6 Å². The van der Waals surface area contributed by atoms with Gasteiger partial charge in [-0.3, -0.25) is 9.89 Å². The van der Waals surface area contributed by atoms with Crippen LogP contribution in [0.25, 0.3) is 0 Å². The quantitative estimate of drug-likeness (QED) is 0.344. The Morgan fingerprint density at radius 2 is 2.00 bits per heavy atom. The molecule has 0 amide bonds. The summed E-state index contributed by atoms with van der Waals surface area (Å²) in [6.45, 7) is 5.38. The number of ether oxygens (including phenoxy) is 1. The van der Waals surface area contributed by atoms with Gasteiger partial charge in [-0.1, -0.05) is 12.1 Å². The number of aromatic nitrogens is 2. The molecule has 1 aliphatic rings. The van der Waals surface area contributed by atoms with Crippen LogP contribution in [0.4, 0.5) is 4.39 Å². The molecule has 3 rings (SSSR count). The van der Waals surface area contributed by atoms with Crippen LogP contribution in [0.1, 0.15) is 11.6 Å². The minimum absolute atomic E-state index is 0. The summed E-state index contributed by atoms with van der Waals surface area (Å²) in [5.74, 6) is 0.528. The zero-order chi connectivity index (χ0) is 18.9. The molecule has 2 aromatic rings. The molecule has 1 unspecified atom stereocenters. The Morgan fingerprint density at radius 3 is 2.64 bits per heavy atom. The van der Waals surface area contributed by atoms with Gasteiger partial charge in [0.2, 0.25) is 0 Å². The van der Waals surface area contributed by atoms with Gasteiger partial charge in [0.25, 0.3) is 0 Å². The number of halogens is 2. The van der Waals surface area contributed by atoms with Gasteiger partial charge < -0.3 is 19.9 Å². The van der Waals surface area contributed by atoms with Gasteiger partial charge >= 0.3 is 0 Å². The molecule has 0 spiro atoms. The number of guanidine groups is 1. The van der Waals surface area contributed by atoms with Crippen LogP contribution >= 0.6 is 24.0 Å². The van der Waals surface area contributed by atoms with Gasteiger partial charge in [0.15, 0.2) is 5.96 Å². The monoisotopic (exact) mass is 502 g/mol. The number of morpholine rings is 1. The van der Waals surface area contributed by atoms with Crippen LogP contribution in [0.2, 0.25) is 0 Å². The topological polar surface area (TPSA) is 66.7 Å². The Bertz CT molecular complexity index is 704. The van der Waals surface area contributed by atoms with Crippen molar-refractivity contribution in [3.05, 3.63) is 54.4 Å². The Morgan fingerprint density at radius 1 is 1.25 bits per heavy atom. The molecule has 1 aliphatic heterocycles. The van der Waals surface area contributed by atoms with E-state index >= 15 is 0 Å². The van der Waals surface area contributed by atoms with Crippen molar-refractivity contribution in [2.24, 2.45) is 4.99 Å². The lowest BCUT2D eigenvalue weighted by molar-refractivity contribution is 0.0170. The molecule has 1 aromatic carbocycles. The second kappa shape index (κ2) is 12.0. The van der Waals surface area contributed by atoms with E-state index < -0.39 is 0 Å². The molecule has 0 bridgehead atoms. The first-order valence-corrected chi connectivity index (χ1v) is 9.24. The lowest BCUT2D eigenvalue weighted by atomic mass is 10.0. The Labute approximate surface area is 182 Å². The van der Waals surface area contributed by atoms with E-state index in [0.29, 0.717) is 6.54 Å². The second-order valence-electron chi connectivity index (χ2n) is 6.40. The molecule has 28 heavy (non-hydrogen) atoms. The largest absolute Gasteiger partial charge is 0.379 e. The Kier molecular flexibility index (Phi) is 9.65. The smallest absolute Gasteiger partial charge is 0.191 e. The molecule has 0 saturated carbocycles. The van der Waals surface area contributed by atoms with Crippen LogP contribution in [-0.2, 0) is 11.3 Å². The highest BCUT2D eigenvalue weighted by atomic mass is 127. The number of nitrogens with zero attached hydrogens (tertiary/aromatic N) is 4. The van der Waals surface area contributed by atoms with Crippen molar-refractivity contribution in [2.45, 2.75) is 12.6 Å². The van der Waals surface area contributed by atoms with Crippen molar-refractivity contribution in [2.75, 3.05) is 46.4 Å². The van der Waals surface area contributed by atoms with E-state index in [-0.39, 0.29) is 35.8 Å². The number of imidazole rings is 1. The molecule has 9 heteroatoms. The molecule has 1 atom stereocenters. The normalized spacial score (nSPS) is 16.3. The second-order valence-corrected chi connectivity index (χ2v) is 6.40. The van der Waals surface area contributed by atoms with Crippen LogP contribution in [-0.4, -0.2) is 66.9 Å². The lowest BCUT2D eigenvalue weighted by Gasteiger charge is -2.35. The highest BCUT2D eigenvalue weighted by molar-refractivity contribution is 14.0. The van der Waals surface area contributed by atoms with Crippen LogP contribution in [0.5, 0.6) is 0 Å². The summed E-state index contributed by atoms with van der Waals surface area (Å²) < 4.78 is 20.8. The van der Waals surface area contributed by atoms with Crippen molar-refractivity contribution in [1.29, 1.82) is 0 Å². The molecule has 1 saturated heterocycles. The minimum atomic E-state index is -0.218. The first-order valence-electron chi connectivity index (χ1n) is 9.24. The SMILES string of the molecule is CN=C(NCCn1ccnc1)NCC(c1ccc(F)cc1)N1CCOCC1.I. The molecule has 0 radical (unpaired) electrons. The molecule has 7 nitrogen and oxygen atoms in total. The molecule has 2 heterocycles. The summed E-state index contributed by atoms with van der Waals surface area (Å²) in [6.07, 6.45) is 5.49. The molecular formula is C19H28FIN6O. The average Bonchev–Trinajstić information content (AvgIpc) is 3.22. The third kappa shape index (κ3) is 6.71. The van der Waals surface area contributed by atoms with Gasteiger partial charge in [0, 0.05) is 52.2 Å². The summed E-state index contributed by atoms with van der Waals surface area (Å²) in [7, 11) is 1.76. The fourth-order valence-corrected chi connectivity index (χ4v) is 3.17. The first-order chi connectivity index (χ1) is 13.3. The Hall–Kier alpha value is -1.72. The standard InChI is InChI=1S/C19H27FN6O.HI/c1-21-19(23-7-9-25-8-6-22-15-25)24-14-18(26-10-12-27-13-11-26)16-2-4-17(20)5-3-16;/h2-6,8,15,18H,7,9-14H2,1H3,(H2,21,23,24);1H. The minimum Gasteiger partial charge on any atom is -0.379 e. The highest BCUT2D eigenvalue weighted by Crippen LogP contribution is 2.21. The summed E-state index contributed by atoms with van der Waals surface area (Å²) in [5.41, 5.74) is 1.08. The van der Waals surface area contributed by atoms with E-state index in [1.807, 2.05) is 22.9 Å². The van der Waals surface area contributed by atoms with E-state index in [9.17, 15) is 4.39 Å². The Balaban J connectivity index is 0.00000280. The van der Waals surface area contributed by atoms with Crippen molar-refractivity contribution < 1.29 is 9.13 Å². The first kappa shape index (κ1) is 22.6. The molecule has 0 aliphatic carbocycles. The molecule has 154 valence electrons. The van der Waals surface area contributed by atoms with Crippen LogP contribution in [0, 0.1) is 5.82 Å². The summed E-state index contributed by atoms with van der Waals surface area (Å²) in [5, 5.41) is 6.71. The maximum Gasteiger partial charge on any atom is 0.191 e. The summed E-state index contributed by atoms with van der Waals surface area (Å²) in [4.78, 5) is 10.7. The fourth-order valence-electron chi connectivity index (χ4n) is 3.17. The molecular weight excluding hydrogens is 474 g/mol. The van der Waals surface area contributed by atoms with Gasteiger partial charge in [0.1, 0.15) is 5.82 Å². The van der Waals surface area contributed by atoms with Gasteiger partial charge in [-0.25, -0.2) is 9.37 Å². The van der Waals surface area contributed by atoms with Gasteiger partial charge in [-0.15, -0.1) is 24.0 Å². The predicted molar refractivity (Wildman–Crippen MR) is 119 cm³/mol. The molecule has 2 N–H and O–H groups in total. The zero-order valence-corrected chi connectivity index (χ0v) is 18.4. The van der Waals surface area contributed by atoms with Crippen LogP contribution in [0.3, 0.4) is 0 Å². The van der Waals surface area contributed by atoms with Gasteiger partial charge in [-0.2, -0.15) is 0 Å². The number of hydrogen-bond acceptors (Lipinski definition) is 4. The number of aliphatic imine (C=N–C) groups is 1. The summed E-state index contributed by atoms with van der Waals surface area (Å²) in [6, 6.07) is 6.86. The zero-order valence-electron chi connectivity index (χ0n) is 16.1. The number of rotatable bonds is 7. The van der Waals surface area contributed by atoms with E-state index in [4.69, 9.17) is 4.74 Å². The van der Waals surface area contributed by atoms with E-state index in [0.717, 1.165) is 50.9 Å². The third-order valence-electron chi connectivity index (χ3n) is 4.65. The van der Waals surface area contributed by atoms with Crippen molar-refractivity contribution >= 4 is 29.9 Å². The lowest BCUT2D eigenvalue weighted by Crippen LogP contribution is -2.46. The third-order valence-corrected chi connectivity index (χ3v) is 4.65. The predicted octanol–water partition coefficient (Wildman–Crippen LogP) is 1.88. The van der Waals surface area contributed by atoms with E-state index in [2.05, 4.69) is 25.5 Å². The van der Waals surface area contributed by atoms with Crippen molar-refractivity contribution in [1.82, 2.24) is 25.1 Å². The number of hydrogen-bond donors (Lipinski definition) is 2. The van der Waals surface area contributed by atoms with E-state index in [1.54, 1.807) is 19.6 Å². The van der Waals surface area contributed by atoms with Gasteiger partial charge in [-0.05, 0) is 17.7 Å². The number of benzene rings is 1. The highest BCUT2D eigenvalue weighted by Gasteiger charge is 2.23. The summed E-state index contributed by atoms with van der Waals surface area (Å²) >= 11 is 0. The average molecular weight is 502 g/mol. The van der Waals surface area contributed by atoms with Crippen LogP contribution in [0.15, 0.2) is 48.0 Å². The molecule has 1 fully saturated rings. The van der Waals surface area contributed by atoms with Crippen molar-refractivity contribution in [3.8, 4) is 0 Å². The maximum atomic E-state index is 13.3. The maximum absolute atomic E-state index is 13.3. The molecule has 1 aromatic heterocycles. The van der Waals surface area contributed by atoms with Crippen molar-refractivity contribution in [3.63, 3.8) is 0 Å². The number of nitrogens with one attached hydrogen (secondary N) is 2. The van der Waals surface area contributed by atoms with E-state index in [1.165, 1.54) is 12.1 Å². The fraction of sp³-hybridized carbons (Fsp3) is 0.474. The van der Waals surface area contributed by atoms with Crippen LogP contribution < -0.4 is 10.6 Å².